The van der Waals surface area contributed by atoms with Crippen LogP contribution in [0.2, 0.25) is 0 Å². The number of allylic oxidation sites excluding steroid dienone is 3. The third-order valence-electron chi connectivity index (χ3n) is 14.4. The van der Waals surface area contributed by atoms with Gasteiger partial charge in [-0.25, -0.2) is 0 Å². The molecule has 2 aliphatic heterocycles. The Morgan fingerprint density at radius 1 is 0.831 bits per heavy atom. The van der Waals surface area contributed by atoms with Gasteiger partial charge in [0.25, 0.3) is 0 Å². The van der Waals surface area contributed by atoms with E-state index in [2.05, 4.69) is 74.5 Å². The van der Waals surface area contributed by atoms with E-state index in [4.69, 9.17) is 9.47 Å². The summed E-state index contributed by atoms with van der Waals surface area (Å²) in [5.74, 6) is -0.520. The van der Waals surface area contributed by atoms with E-state index in [1.807, 2.05) is 45.1 Å². The Hall–Kier alpha value is -5.51. The van der Waals surface area contributed by atoms with Gasteiger partial charge in [0, 0.05) is 79.7 Å². The van der Waals surface area contributed by atoms with Gasteiger partial charge in [0.05, 0.1) is 19.1 Å². The van der Waals surface area contributed by atoms with Crippen molar-refractivity contribution in [1.29, 1.82) is 0 Å². The molecule has 10 nitrogen and oxygen atoms in total. The van der Waals surface area contributed by atoms with E-state index in [9.17, 15) is 19.5 Å². The number of H-pyrrole nitrogens is 3. The van der Waals surface area contributed by atoms with Gasteiger partial charge in [-0.05, 0) is 112 Å². The molecule has 6 rings (SSSR count). The number of ether oxygens (including phenoxy) is 2. The minimum Gasteiger partial charge on any atom is -0.516 e. The number of methoxy groups -OCH3 is 1. The maximum absolute atomic E-state index is 14.4. The van der Waals surface area contributed by atoms with Crippen molar-refractivity contribution in [3.63, 3.8) is 0 Å². The molecule has 3 aromatic heterocycles. The highest BCUT2D eigenvalue weighted by Crippen LogP contribution is 2.48. The van der Waals surface area contributed by atoms with E-state index in [1.165, 1.54) is 57.6 Å². The highest BCUT2D eigenvalue weighted by Gasteiger charge is 2.48. The number of aromatic amines is 3. The summed E-state index contributed by atoms with van der Waals surface area (Å²) in [6, 6.07) is 0. The van der Waals surface area contributed by atoms with Crippen molar-refractivity contribution >= 4 is 53.7 Å². The number of carbonyl (C=O) groups excluding carboxylic acids is 3. The maximum atomic E-state index is 14.4. The van der Waals surface area contributed by atoms with Crippen molar-refractivity contribution in [2.45, 2.75) is 133 Å². The molecule has 0 radical (unpaired) electrons. The Labute approximate surface area is 386 Å². The number of carbonyl (C=O) groups is 3. The number of hydrogen-bond acceptors (Lipinski definition) is 7. The van der Waals surface area contributed by atoms with E-state index in [1.54, 1.807) is 6.08 Å². The van der Waals surface area contributed by atoms with Crippen LogP contribution in [0.15, 0.2) is 35.9 Å². The molecule has 0 amide bonds. The maximum Gasteiger partial charge on any atom is 0.321 e. The second-order valence-electron chi connectivity index (χ2n) is 19.6. The smallest absolute Gasteiger partial charge is 0.321 e. The number of aliphatic hydroxyl groups is 1. The van der Waals surface area contributed by atoms with Crippen LogP contribution in [-0.2, 0) is 19.1 Å². The minimum atomic E-state index is -1.19. The number of aromatic nitrogens is 3. The molecule has 3 aliphatic rings. The molecule has 5 atom stereocenters. The highest BCUT2D eigenvalue weighted by molar-refractivity contribution is 6.24. The van der Waals surface area contributed by atoms with Gasteiger partial charge in [-0.15, -0.1) is 0 Å². The fourth-order valence-corrected chi connectivity index (χ4v) is 10.2. The molecule has 8 bridgehead atoms. The topological polar surface area (TPSA) is 149 Å². The number of esters is 2. The standard InChI is InChI=1S/C55H74N4O6/c1-12-39-35(7)42-28-44-37(9)41(22-23-48(61)65-27-25-34(6)21-15-20-33(5)19-14-18-32(4)17-13-16-31(2)3)52(58-44)50-51(55(63)64-11)54(62)49-38(10)45(59-53(49)50)30-47-40(24-26-60)36(8)43(57-47)29-46(39)56-42/h12,24-26,28-33,37,41,51,56-60H,1,13-23,27H2,2-11H3/b26-24+,34-25+,43-29-,44-28-,47-30-,52-50-/t32-,33-,37+,41+,51-/m1/s1. The van der Waals surface area contributed by atoms with Gasteiger partial charge in [0.1, 0.15) is 12.5 Å². The van der Waals surface area contributed by atoms with E-state index < -0.39 is 11.9 Å². The summed E-state index contributed by atoms with van der Waals surface area (Å²) in [5.41, 5.74) is 11.2. The van der Waals surface area contributed by atoms with Gasteiger partial charge in [-0.2, -0.15) is 0 Å². The van der Waals surface area contributed by atoms with Crippen molar-refractivity contribution in [1.82, 2.24) is 20.3 Å². The van der Waals surface area contributed by atoms with Crippen molar-refractivity contribution < 1.29 is 29.0 Å². The summed E-state index contributed by atoms with van der Waals surface area (Å²) in [5, 5.41) is 15.2. The number of Topliss-reactive ketones (excluding diaryl/α,β-unsaturated/α-hetero) is 1. The Morgan fingerprint density at radius 3 is 2.15 bits per heavy atom. The summed E-state index contributed by atoms with van der Waals surface area (Å²) in [6.45, 7) is 23.9. The lowest BCUT2D eigenvalue weighted by Crippen LogP contribution is -2.25. The molecule has 350 valence electrons. The van der Waals surface area contributed by atoms with Crippen LogP contribution in [0.5, 0.6) is 0 Å². The molecule has 3 aromatic rings. The molecule has 5 N–H and O–H groups in total. The van der Waals surface area contributed by atoms with Crippen LogP contribution in [0.3, 0.4) is 0 Å². The molecule has 1 fully saturated rings. The zero-order chi connectivity index (χ0) is 47.1. The monoisotopic (exact) mass is 887 g/mol. The van der Waals surface area contributed by atoms with Crippen molar-refractivity contribution in [2.75, 3.05) is 13.7 Å². The van der Waals surface area contributed by atoms with Gasteiger partial charge in [0.2, 0.25) is 0 Å². The quantitative estimate of drug-likeness (QED) is 0.0328. The van der Waals surface area contributed by atoms with E-state index in [0.717, 1.165) is 81.0 Å². The molecule has 5 heterocycles. The van der Waals surface area contributed by atoms with E-state index in [0.29, 0.717) is 46.1 Å². The lowest BCUT2D eigenvalue weighted by Gasteiger charge is -2.19. The molecular formula is C55H74N4O6. The van der Waals surface area contributed by atoms with Crippen LogP contribution in [0, 0.1) is 56.3 Å². The lowest BCUT2D eigenvalue weighted by molar-refractivity contribution is -0.143. The Morgan fingerprint density at radius 2 is 1.49 bits per heavy atom. The van der Waals surface area contributed by atoms with Gasteiger partial charge in [-0.1, -0.05) is 97.8 Å². The third-order valence-corrected chi connectivity index (χ3v) is 14.4. The largest absolute Gasteiger partial charge is 0.516 e. The van der Waals surface area contributed by atoms with Crippen LogP contribution in [0.4, 0.5) is 0 Å². The van der Waals surface area contributed by atoms with Crippen LogP contribution in [-0.4, -0.2) is 51.5 Å². The Balaban J connectivity index is 1.23. The Kier molecular flexibility index (Phi) is 16.3. The van der Waals surface area contributed by atoms with Crippen LogP contribution in [0.1, 0.15) is 173 Å². The second-order valence-corrected chi connectivity index (χ2v) is 19.6. The van der Waals surface area contributed by atoms with Crippen molar-refractivity contribution in [3.05, 3.63) is 103 Å². The first-order valence-electron chi connectivity index (χ1n) is 24.0. The van der Waals surface area contributed by atoms with Gasteiger partial charge < -0.3 is 34.8 Å². The van der Waals surface area contributed by atoms with E-state index in [-0.39, 0.29) is 36.6 Å². The first kappa shape index (κ1) is 48.9. The highest BCUT2D eigenvalue weighted by atomic mass is 16.5. The molecule has 10 heteroatoms. The molecule has 1 aliphatic carbocycles. The molecule has 0 unspecified atom stereocenters. The van der Waals surface area contributed by atoms with Crippen LogP contribution >= 0.6 is 0 Å². The zero-order valence-electron chi connectivity index (χ0n) is 40.7. The van der Waals surface area contributed by atoms with Crippen molar-refractivity contribution in [3.8, 4) is 0 Å². The van der Waals surface area contributed by atoms with E-state index >= 15 is 0 Å². The number of hydrogen-bond donors (Lipinski definition) is 5. The predicted octanol–water partition coefficient (Wildman–Crippen LogP) is 11.0. The number of fused-ring (bicyclic) bond motifs is 7. The first-order valence-corrected chi connectivity index (χ1v) is 24.0. The fraction of sp³-hybridized carbons (Fsp3) is 0.509. The molecule has 1 saturated heterocycles. The molecule has 0 aromatic carbocycles. The van der Waals surface area contributed by atoms with Crippen molar-refractivity contribution in [2.24, 2.45) is 35.5 Å². The molecule has 65 heavy (non-hydrogen) atoms. The summed E-state index contributed by atoms with van der Waals surface area (Å²) in [4.78, 5) is 52.2. The predicted molar refractivity (Wildman–Crippen MR) is 264 cm³/mol. The van der Waals surface area contributed by atoms with Gasteiger partial charge in [-0.3, -0.25) is 14.4 Å². The number of nitrogens with one attached hydrogen (secondary N) is 4. The number of aliphatic hydroxyl groups excluding tert-OH is 1. The number of rotatable bonds is 20. The summed E-state index contributed by atoms with van der Waals surface area (Å²) >= 11 is 0. The van der Waals surface area contributed by atoms with Crippen LogP contribution in [0.25, 0.3) is 36.0 Å². The zero-order valence-corrected chi connectivity index (χ0v) is 40.7. The summed E-state index contributed by atoms with van der Waals surface area (Å²) in [6.07, 6.45) is 24.4. The average Bonchev–Trinajstić information content (AvgIpc) is 4.00. The summed E-state index contributed by atoms with van der Waals surface area (Å²) < 4.78 is 11.1. The van der Waals surface area contributed by atoms with Gasteiger partial charge >= 0.3 is 11.9 Å². The molecule has 0 spiro atoms. The SMILES string of the molecule is C=Cc1c2[nH]c(c1C)/C=C1\N/C(=C3\c4[nH]c(c(C)c4C(=O)[C@@H]3C(=O)OC)/C=c3\[nH]/c(c(C)c3/C=C/O)=C\2)[C@@H](CCC(=O)OC/C=C(\C)CCC[C@H](C)CCC[C@H](C)CCCC(C)C)[C@@H]1C. The van der Waals surface area contributed by atoms with Crippen LogP contribution < -0.4 is 16.0 Å². The average molecular weight is 887 g/mol. The fourth-order valence-electron chi connectivity index (χ4n) is 10.2. The Bertz CT molecular complexity index is 2520. The lowest BCUT2D eigenvalue weighted by atomic mass is 9.85. The summed E-state index contributed by atoms with van der Waals surface area (Å²) in [7, 11) is 1.30. The second kappa shape index (κ2) is 21.7. The molecule has 0 saturated carbocycles. The number of ketones is 1. The third kappa shape index (κ3) is 11.0. The normalized spacial score (nSPS) is 22.0. The van der Waals surface area contributed by atoms with Gasteiger partial charge in [0.15, 0.2) is 5.78 Å². The first-order chi connectivity index (χ1) is 31.1. The molecular weight excluding hydrogens is 813 g/mol. The minimum absolute atomic E-state index is 0.119.